The van der Waals surface area contributed by atoms with Gasteiger partial charge in [-0.25, -0.2) is 9.97 Å². The van der Waals surface area contributed by atoms with E-state index < -0.39 is 0 Å². The van der Waals surface area contributed by atoms with Gasteiger partial charge in [-0.05, 0) is 43.9 Å². The normalized spacial score (nSPS) is 16.9. The van der Waals surface area contributed by atoms with E-state index in [-0.39, 0.29) is 6.04 Å². The lowest BCUT2D eigenvalue weighted by Gasteiger charge is -2.23. The smallest absolute Gasteiger partial charge is 0.149 e. The molecule has 0 radical (unpaired) electrons. The van der Waals surface area contributed by atoms with Gasteiger partial charge in [-0.2, -0.15) is 0 Å². The molecule has 1 aromatic rings. The fourth-order valence-electron chi connectivity index (χ4n) is 2.03. The van der Waals surface area contributed by atoms with Crippen molar-refractivity contribution in [3.8, 4) is 0 Å². The maximum absolute atomic E-state index is 5.43. The largest absolute Gasteiger partial charge is 0.501 e. The maximum atomic E-state index is 5.43. The Balaban J connectivity index is 2.18. The van der Waals surface area contributed by atoms with Gasteiger partial charge in [-0.1, -0.05) is 6.92 Å². The SMILES string of the molecule is CCCNC(C1=COCCC1)c1ncc(C)cn1. The van der Waals surface area contributed by atoms with E-state index in [0.29, 0.717) is 0 Å². The van der Waals surface area contributed by atoms with Gasteiger partial charge < -0.3 is 10.1 Å². The van der Waals surface area contributed by atoms with Gasteiger partial charge in [-0.3, -0.25) is 0 Å². The quantitative estimate of drug-likeness (QED) is 0.868. The topological polar surface area (TPSA) is 47.0 Å². The Bertz CT molecular complexity index is 400. The van der Waals surface area contributed by atoms with Crippen molar-refractivity contribution >= 4 is 0 Å². The summed E-state index contributed by atoms with van der Waals surface area (Å²) in [6.45, 7) is 5.94. The molecule has 1 aromatic heterocycles. The summed E-state index contributed by atoms with van der Waals surface area (Å²) in [5.74, 6) is 0.839. The molecule has 2 heterocycles. The monoisotopic (exact) mass is 247 g/mol. The van der Waals surface area contributed by atoms with E-state index in [1.165, 1.54) is 5.57 Å². The number of aromatic nitrogens is 2. The molecule has 1 N–H and O–H groups in total. The van der Waals surface area contributed by atoms with Crippen molar-refractivity contribution in [1.82, 2.24) is 15.3 Å². The summed E-state index contributed by atoms with van der Waals surface area (Å²) in [6.07, 6.45) is 8.83. The van der Waals surface area contributed by atoms with Crippen LogP contribution in [-0.4, -0.2) is 23.1 Å². The Morgan fingerprint density at radius 1 is 1.39 bits per heavy atom. The second-order valence-corrected chi connectivity index (χ2v) is 4.67. The molecule has 0 spiro atoms. The first-order valence-corrected chi connectivity index (χ1v) is 6.63. The third-order valence-electron chi connectivity index (χ3n) is 2.99. The summed E-state index contributed by atoms with van der Waals surface area (Å²) in [7, 11) is 0. The third kappa shape index (κ3) is 3.29. The lowest BCUT2D eigenvalue weighted by Crippen LogP contribution is -2.27. The number of hydrogen-bond donors (Lipinski definition) is 1. The molecule has 0 saturated heterocycles. The van der Waals surface area contributed by atoms with Gasteiger partial charge in [0.25, 0.3) is 0 Å². The summed E-state index contributed by atoms with van der Waals surface area (Å²) in [5, 5.41) is 3.50. The Kier molecular flexibility index (Phi) is 4.70. The molecule has 98 valence electrons. The van der Waals surface area contributed by atoms with Crippen LogP contribution in [0.25, 0.3) is 0 Å². The van der Waals surface area contributed by atoms with E-state index in [1.807, 2.05) is 25.6 Å². The highest BCUT2D eigenvalue weighted by Gasteiger charge is 2.20. The molecular weight excluding hydrogens is 226 g/mol. The molecule has 0 amide bonds. The van der Waals surface area contributed by atoms with Crippen LogP contribution >= 0.6 is 0 Å². The lowest BCUT2D eigenvalue weighted by molar-refractivity contribution is 0.219. The molecule has 1 atom stereocenters. The van der Waals surface area contributed by atoms with Gasteiger partial charge in [0.2, 0.25) is 0 Å². The summed E-state index contributed by atoms with van der Waals surface area (Å²) < 4.78 is 5.43. The van der Waals surface area contributed by atoms with Gasteiger partial charge in [0, 0.05) is 12.4 Å². The summed E-state index contributed by atoms with van der Waals surface area (Å²) in [6, 6.07) is 0.0887. The zero-order chi connectivity index (χ0) is 12.8. The Labute approximate surface area is 108 Å². The van der Waals surface area contributed by atoms with Crippen molar-refractivity contribution in [1.29, 1.82) is 0 Å². The second-order valence-electron chi connectivity index (χ2n) is 4.67. The molecule has 0 bridgehead atoms. The molecule has 0 saturated carbocycles. The number of hydrogen-bond acceptors (Lipinski definition) is 4. The van der Waals surface area contributed by atoms with Crippen LogP contribution in [0.2, 0.25) is 0 Å². The van der Waals surface area contributed by atoms with E-state index in [9.17, 15) is 0 Å². The summed E-state index contributed by atoms with van der Waals surface area (Å²) in [4.78, 5) is 8.87. The molecule has 1 aliphatic rings. The first-order valence-electron chi connectivity index (χ1n) is 6.63. The van der Waals surface area contributed by atoms with E-state index in [0.717, 1.165) is 43.8 Å². The highest BCUT2D eigenvalue weighted by molar-refractivity contribution is 5.18. The van der Waals surface area contributed by atoms with Crippen molar-refractivity contribution in [2.24, 2.45) is 0 Å². The number of ether oxygens (including phenoxy) is 1. The van der Waals surface area contributed by atoms with Crippen LogP contribution in [0.5, 0.6) is 0 Å². The minimum Gasteiger partial charge on any atom is -0.501 e. The van der Waals surface area contributed by atoms with Crippen molar-refractivity contribution in [2.75, 3.05) is 13.2 Å². The van der Waals surface area contributed by atoms with Crippen molar-refractivity contribution in [2.45, 2.75) is 39.2 Å². The molecule has 4 nitrogen and oxygen atoms in total. The summed E-state index contributed by atoms with van der Waals surface area (Å²) >= 11 is 0. The van der Waals surface area contributed by atoms with Crippen LogP contribution in [0.1, 0.15) is 43.6 Å². The fourth-order valence-corrected chi connectivity index (χ4v) is 2.03. The average Bonchev–Trinajstić information content (AvgIpc) is 2.42. The average molecular weight is 247 g/mol. The number of nitrogens with one attached hydrogen (secondary N) is 1. The maximum Gasteiger partial charge on any atom is 0.149 e. The molecule has 0 aromatic carbocycles. The van der Waals surface area contributed by atoms with Crippen molar-refractivity contribution in [3.05, 3.63) is 35.6 Å². The van der Waals surface area contributed by atoms with Gasteiger partial charge in [0.15, 0.2) is 0 Å². The minimum absolute atomic E-state index is 0.0887. The van der Waals surface area contributed by atoms with Gasteiger partial charge in [0.1, 0.15) is 5.82 Å². The lowest BCUT2D eigenvalue weighted by atomic mass is 10.0. The van der Waals surface area contributed by atoms with Crippen LogP contribution < -0.4 is 5.32 Å². The molecule has 18 heavy (non-hydrogen) atoms. The molecule has 0 fully saturated rings. The molecular formula is C14H21N3O. The second kappa shape index (κ2) is 6.50. The molecule has 0 aliphatic carbocycles. The fraction of sp³-hybridized carbons (Fsp3) is 0.571. The highest BCUT2D eigenvalue weighted by Crippen LogP contribution is 2.25. The molecule has 2 rings (SSSR count). The third-order valence-corrected chi connectivity index (χ3v) is 2.99. The first kappa shape index (κ1) is 13.0. The van der Waals surface area contributed by atoms with E-state index >= 15 is 0 Å². The van der Waals surface area contributed by atoms with Crippen LogP contribution in [0, 0.1) is 6.92 Å². The number of aryl methyl sites for hydroxylation is 1. The standard InChI is InChI=1S/C14H21N3O/c1-3-6-15-13(12-5-4-7-18-10-12)14-16-8-11(2)9-17-14/h8-10,13,15H,3-7H2,1-2H3. The first-order chi connectivity index (χ1) is 8.81. The highest BCUT2D eigenvalue weighted by atomic mass is 16.5. The van der Waals surface area contributed by atoms with Crippen molar-refractivity contribution in [3.63, 3.8) is 0 Å². The Hall–Kier alpha value is -1.42. The van der Waals surface area contributed by atoms with Crippen molar-refractivity contribution < 1.29 is 4.74 Å². The predicted octanol–water partition coefficient (Wildman–Crippen LogP) is 2.52. The summed E-state index contributed by atoms with van der Waals surface area (Å²) in [5.41, 5.74) is 2.33. The Morgan fingerprint density at radius 2 is 2.17 bits per heavy atom. The van der Waals surface area contributed by atoms with E-state index in [4.69, 9.17) is 4.74 Å². The zero-order valence-corrected chi connectivity index (χ0v) is 11.1. The number of rotatable bonds is 5. The molecule has 1 aliphatic heterocycles. The van der Waals surface area contributed by atoms with Crippen LogP contribution in [-0.2, 0) is 4.74 Å². The van der Waals surface area contributed by atoms with Crippen LogP contribution in [0.15, 0.2) is 24.2 Å². The van der Waals surface area contributed by atoms with Gasteiger partial charge in [0.05, 0.1) is 18.9 Å². The van der Waals surface area contributed by atoms with Gasteiger partial charge >= 0.3 is 0 Å². The Morgan fingerprint density at radius 3 is 2.78 bits per heavy atom. The van der Waals surface area contributed by atoms with Crippen LogP contribution in [0.4, 0.5) is 0 Å². The predicted molar refractivity (Wildman–Crippen MR) is 71.1 cm³/mol. The zero-order valence-electron chi connectivity index (χ0n) is 11.1. The minimum atomic E-state index is 0.0887. The molecule has 1 unspecified atom stereocenters. The van der Waals surface area contributed by atoms with E-state index in [1.54, 1.807) is 0 Å². The number of nitrogens with zero attached hydrogens (tertiary/aromatic N) is 2. The molecule has 4 heteroatoms. The van der Waals surface area contributed by atoms with E-state index in [2.05, 4.69) is 22.2 Å². The van der Waals surface area contributed by atoms with Crippen LogP contribution in [0.3, 0.4) is 0 Å². The van der Waals surface area contributed by atoms with Gasteiger partial charge in [-0.15, -0.1) is 0 Å².